The third-order valence-electron chi connectivity index (χ3n) is 7.03. The summed E-state index contributed by atoms with van der Waals surface area (Å²) in [6.07, 6.45) is -1.86. The maximum atomic E-state index is 14.5. The molecule has 4 aromatic rings. The highest BCUT2D eigenvalue weighted by Gasteiger charge is 2.33. The van der Waals surface area contributed by atoms with Gasteiger partial charge in [0.05, 0.1) is 11.1 Å². The number of carbonyl (C=O) groups is 1. The van der Waals surface area contributed by atoms with Crippen molar-refractivity contribution in [2.75, 3.05) is 0 Å². The quantitative estimate of drug-likeness (QED) is 0.113. The molecule has 0 atom stereocenters. The number of benzene rings is 4. The van der Waals surface area contributed by atoms with Crippen LogP contribution in [0.25, 0.3) is 41.5 Å². The van der Waals surface area contributed by atoms with Gasteiger partial charge in [-0.25, -0.2) is 4.39 Å². The Morgan fingerprint density at radius 3 is 1.67 bits per heavy atom. The monoisotopic (exact) mass is 594 g/mol. The molecule has 0 unspecified atom stereocenters. The Bertz CT molecular complexity index is 1720. The zero-order valence-corrected chi connectivity index (χ0v) is 22.9. The van der Waals surface area contributed by atoms with Crippen molar-refractivity contribution in [2.45, 2.75) is 26.0 Å². The van der Waals surface area contributed by atoms with Crippen molar-refractivity contribution >= 4 is 36.7 Å². The molecule has 0 aliphatic carbocycles. The highest BCUT2D eigenvalue weighted by molar-refractivity contribution is 5.84. The van der Waals surface area contributed by atoms with Crippen LogP contribution in [0.2, 0.25) is 0 Å². The molecule has 0 N–H and O–H groups in total. The standard InChI is InChI=1S/C35H25F7O/c1-3-23-10-16-32(34(37,38)39)27(18-23)14-12-25-6-4-8-29(22(25)2)30-9-5-7-26(31(30)20-36)13-15-28-19-24(21-43)11-17-33(28)35(40,41)42/h3-19,21H,1,20H2,2H3/b14-12+,15-13+. The van der Waals surface area contributed by atoms with Crippen LogP contribution in [-0.2, 0) is 19.0 Å². The van der Waals surface area contributed by atoms with Crippen LogP contribution >= 0.6 is 0 Å². The molecule has 4 aromatic carbocycles. The summed E-state index contributed by atoms with van der Waals surface area (Å²) in [6.45, 7) is 4.44. The normalized spacial score (nSPS) is 12.3. The SMILES string of the molecule is C=Cc1ccc(C(F)(F)F)c(/C=C/c2cccc(-c3cccc(/C=C/c4cc(C=O)ccc4C(F)(F)F)c3CF)c2C)c1. The van der Waals surface area contributed by atoms with E-state index in [1.54, 1.807) is 49.4 Å². The fraction of sp³-hybridized carbons (Fsp3) is 0.114. The van der Waals surface area contributed by atoms with Gasteiger partial charge in [0.15, 0.2) is 0 Å². The van der Waals surface area contributed by atoms with Crippen molar-refractivity contribution in [2.24, 2.45) is 0 Å². The fourth-order valence-electron chi connectivity index (χ4n) is 4.80. The summed E-state index contributed by atoms with van der Waals surface area (Å²) >= 11 is 0. The number of alkyl halides is 7. The van der Waals surface area contributed by atoms with Gasteiger partial charge in [-0.2, -0.15) is 26.3 Å². The summed E-state index contributed by atoms with van der Waals surface area (Å²) in [6, 6.07) is 16.8. The number of hydrogen-bond acceptors (Lipinski definition) is 1. The van der Waals surface area contributed by atoms with E-state index < -0.39 is 30.2 Å². The first-order valence-electron chi connectivity index (χ1n) is 13.0. The molecule has 0 amide bonds. The Hall–Kier alpha value is -4.72. The maximum Gasteiger partial charge on any atom is 0.416 e. The molecule has 43 heavy (non-hydrogen) atoms. The van der Waals surface area contributed by atoms with Crippen LogP contribution in [0.5, 0.6) is 0 Å². The molecule has 0 radical (unpaired) electrons. The molecule has 0 bridgehead atoms. The van der Waals surface area contributed by atoms with Gasteiger partial charge < -0.3 is 0 Å². The van der Waals surface area contributed by atoms with Crippen molar-refractivity contribution in [3.05, 3.63) is 135 Å². The lowest BCUT2D eigenvalue weighted by atomic mass is 9.90. The molecule has 0 saturated carbocycles. The van der Waals surface area contributed by atoms with Crippen molar-refractivity contribution in [3.63, 3.8) is 0 Å². The van der Waals surface area contributed by atoms with Gasteiger partial charge in [0.25, 0.3) is 0 Å². The summed E-state index contributed by atoms with van der Waals surface area (Å²) < 4.78 is 96.0. The average Bonchev–Trinajstić information content (AvgIpc) is 2.97. The second kappa shape index (κ2) is 12.7. The largest absolute Gasteiger partial charge is 0.416 e. The van der Waals surface area contributed by atoms with Crippen molar-refractivity contribution < 1.29 is 35.5 Å². The van der Waals surface area contributed by atoms with E-state index in [2.05, 4.69) is 6.58 Å². The number of rotatable bonds is 8. The second-order valence-corrected chi connectivity index (χ2v) is 9.70. The first-order chi connectivity index (χ1) is 20.4. The van der Waals surface area contributed by atoms with Crippen LogP contribution in [0.4, 0.5) is 30.7 Å². The zero-order valence-electron chi connectivity index (χ0n) is 22.9. The minimum absolute atomic E-state index is 0.0387. The summed E-state index contributed by atoms with van der Waals surface area (Å²) in [5, 5.41) is 0. The maximum absolute atomic E-state index is 14.5. The topological polar surface area (TPSA) is 17.1 Å². The fourth-order valence-corrected chi connectivity index (χ4v) is 4.80. The van der Waals surface area contributed by atoms with Crippen LogP contribution in [0.15, 0.2) is 79.4 Å². The predicted molar refractivity (Wildman–Crippen MR) is 158 cm³/mol. The number of aldehydes is 1. The smallest absolute Gasteiger partial charge is 0.298 e. The van der Waals surface area contributed by atoms with E-state index in [0.29, 0.717) is 39.7 Å². The van der Waals surface area contributed by atoms with Crippen LogP contribution in [-0.4, -0.2) is 6.29 Å². The van der Waals surface area contributed by atoms with E-state index in [4.69, 9.17) is 0 Å². The first kappa shape index (κ1) is 31.2. The summed E-state index contributed by atoms with van der Waals surface area (Å²) in [5.41, 5.74) is 1.49. The molecule has 0 aliphatic heterocycles. The number of halogens is 7. The zero-order chi connectivity index (χ0) is 31.4. The molecular formula is C35H25F7O. The number of hydrogen-bond donors (Lipinski definition) is 0. The van der Waals surface area contributed by atoms with Crippen molar-refractivity contribution in [1.29, 1.82) is 0 Å². The van der Waals surface area contributed by atoms with Gasteiger partial charge in [0.2, 0.25) is 0 Å². The lowest BCUT2D eigenvalue weighted by Gasteiger charge is -2.15. The van der Waals surface area contributed by atoms with E-state index in [1.165, 1.54) is 36.4 Å². The summed E-state index contributed by atoms with van der Waals surface area (Å²) in [5.74, 6) is 0. The minimum atomic E-state index is -4.66. The predicted octanol–water partition coefficient (Wildman–Crippen LogP) is 11.0. The molecule has 0 aromatic heterocycles. The molecule has 1 nitrogen and oxygen atoms in total. The Balaban J connectivity index is 1.77. The molecule has 0 spiro atoms. The van der Waals surface area contributed by atoms with Crippen LogP contribution in [0.1, 0.15) is 60.4 Å². The Labute approximate surface area is 244 Å². The van der Waals surface area contributed by atoms with Crippen LogP contribution in [0, 0.1) is 6.92 Å². The highest BCUT2D eigenvalue weighted by atomic mass is 19.4. The summed E-state index contributed by atoms with van der Waals surface area (Å²) in [7, 11) is 0. The third-order valence-corrected chi connectivity index (χ3v) is 7.03. The molecule has 0 saturated heterocycles. The van der Waals surface area contributed by atoms with Crippen molar-refractivity contribution in [1.82, 2.24) is 0 Å². The van der Waals surface area contributed by atoms with E-state index in [1.807, 2.05) is 0 Å². The van der Waals surface area contributed by atoms with Gasteiger partial charge in [-0.15, -0.1) is 0 Å². The van der Waals surface area contributed by atoms with Gasteiger partial charge in [-0.05, 0) is 81.3 Å². The molecule has 0 aliphatic rings. The lowest BCUT2D eigenvalue weighted by molar-refractivity contribution is -0.138. The molecule has 4 rings (SSSR count). The van der Waals surface area contributed by atoms with E-state index >= 15 is 0 Å². The average molecular weight is 595 g/mol. The van der Waals surface area contributed by atoms with Crippen LogP contribution in [0.3, 0.4) is 0 Å². The lowest BCUT2D eigenvalue weighted by Crippen LogP contribution is -2.07. The highest BCUT2D eigenvalue weighted by Crippen LogP contribution is 2.37. The summed E-state index contributed by atoms with van der Waals surface area (Å²) in [4.78, 5) is 11.2. The molecule has 8 heteroatoms. The minimum Gasteiger partial charge on any atom is -0.298 e. The molecule has 0 heterocycles. The Kier molecular flexibility index (Phi) is 9.19. The van der Waals surface area contributed by atoms with Crippen LogP contribution < -0.4 is 0 Å². The second-order valence-electron chi connectivity index (χ2n) is 9.70. The van der Waals surface area contributed by atoms with Gasteiger partial charge in [0.1, 0.15) is 13.0 Å². The van der Waals surface area contributed by atoms with Gasteiger partial charge >= 0.3 is 12.4 Å². The van der Waals surface area contributed by atoms with Gasteiger partial charge in [0, 0.05) is 5.56 Å². The van der Waals surface area contributed by atoms with E-state index in [0.717, 1.165) is 24.3 Å². The Morgan fingerprint density at radius 1 is 0.651 bits per heavy atom. The van der Waals surface area contributed by atoms with Gasteiger partial charge in [-0.3, -0.25) is 4.79 Å². The molecule has 0 fully saturated rings. The van der Waals surface area contributed by atoms with E-state index in [9.17, 15) is 35.5 Å². The molecular weight excluding hydrogens is 569 g/mol. The van der Waals surface area contributed by atoms with E-state index in [-0.39, 0.29) is 22.3 Å². The Morgan fingerprint density at radius 2 is 1.14 bits per heavy atom. The van der Waals surface area contributed by atoms with Crippen molar-refractivity contribution in [3.8, 4) is 11.1 Å². The first-order valence-corrected chi connectivity index (χ1v) is 13.0. The number of carbonyl (C=O) groups excluding carboxylic acids is 1. The van der Waals surface area contributed by atoms with Gasteiger partial charge in [-0.1, -0.05) is 85.5 Å². The third kappa shape index (κ3) is 7.02. The molecule has 220 valence electrons.